The van der Waals surface area contributed by atoms with Gasteiger partial charge in [0.05, 0.1) is 6.20 Å². The number of likely N-dealkylation sites (tertiary alicyclic amines) is 1. The smallest absolute Gasteiger partial charge is 0.257 e. The maximum atomic E-state index is 12.3. The highest BCUT2D eigenvalue weighted by molar-refractivity contribution is 7.89. The summed E-state index contributed by atoms with van der Waals surface area (Å²) in [5, 5.41) is 4.33. The molecule has 2 rings (SSSR count). The van der Waals surface area contributed by atoms with Crippen molar-refractivity contribution in [3.05, 3.63) is 12.3 Å². The minimum Gasteiger partial charge on any atom is -0.302 e. The zero-order chi connectivity index (χ0) is 14.6. The molecule has 1 aliphatic rings. The van der Waals surface area contributed by atoms with Gasteiger partial charge in [0, 0.05) is 19.1 Å². The van der Waals surface area contributed by atoms with Crippen molar-refractivity contribution in [2.45, 2.75) is 50.2 Å². The lowest BCUT2D eigenvalue weighted by atomic mass is 10.0. The molecule has 2 heterocycles. The first kappa shape index (κ1) is 15.5. The fourth-order valence-electron chi connectivity index (χ4n) is 2.61. The van der Waals surface area contributed by atoms with Crippen molar-refractivity contribution < 1.29 is 8.42 Å². The molecule has 20 heavy (non-hydrogen) atoms. The molecule has 1 N–H and O–H groups in total. The first-order valence-electron chi connectivity index (χ1n) is 7.26. The SMILES string of the molecule is CCCn1nccc1S(=O)(=O)NCC1CCCCN1C. The number of nitrogens with one attached hydrogen (secondary N) is 1. The summed E-state index contributed by atoms with van der Waals surface area (Å²) < 4.78 is 29.0. The first-order valence-corrected chi connectivity index (χ1v) is 8.74. The van der Waals surface area contributed by atoms with Crippen molar-refractivity contribution in [3.63, 3.8) is 0 Å². The Morgan fingerprint density at radius 3 is 2.95 bits per heavy atom. The Morgan fingerprint density at radius 2 is 2.25 bits per heavy atom. The molecule has 1 aromatic rings. The minimum absolute atomic E-state index is 0.262. The van der Waals surface area contributed by atoms with Gasteiger partial charge in [0.1, 0.15) is 0 Å². The van der Waals surface area contributed by atoms with Crippen LogP contribution in [0.15, 0.2) is 17.3 Å². The highest BCUT2D eigenvalue weighted by Gasteiger charge is 2.24. The van der Waals surface area contributed by atoms with Gasteiger partial charge in [-0.15, -0.1) is 0 Å². The van der Waals surface area contributed by atoms with Gasteiger partial charge in [-0.3, -0.25) is 4.68 Å². The predicted molar refractivity (Wildman–Crippen MR) is 78.0 cm³/mol. The Morgan fingerprint density at radius 1 is 1.45 bits per heavy atom. The Labute approximate surface area is 121 Å². The molecule has 0 radical (unpaired) electrons. The van der Waals surface area contributed by atoms with E-state index in [0.717, 1.165) is 19.4 Å². The second kappa shape index (κ2) is 6.69. The number of hydrogen-bond donors (Lipinski definition) is 1. The van der Waals surface area contributed by atoms with Crippen LogP contribution in [-0.4, -0.2) is 49.3 Å². The van der Waals surface area contributed by atoms with Crippen LogP contribution >= 0.6 is 0 Å². The van der Waals surface area contributed by atoms with Gasteiger partial charge in [0.15, 0.2) is 5.03 Å². The van der Waals surface area contributed by atoms with E-state index < -0.39 is 10.0 Å². The third kappa shape index (κ3) is 3.59. The van der Waals surface area contributed by atoms with E-state index in [9.17, 15) is 8.42 Å². The van der Waals surface area contributed by atoms with Crippen molar-refractivity contribution in [2.24, 2.45) is 0 Å². The largest absolute Gasteiger partial charge is 0.302 e. The van der Waals surface area contributed by atoms with Gasteiger partial charge >= 0.3 is 0 Å². The van der Waals surface area contributed by atoms with Crippen LogP contribution in [0.4, 0.5) is 0 Å². The third-order valence-electron chi connectivity index (χ3n) is 3.82. The zero-order valence-corrected chi connectivity index (χ0v) is 13.1. The fourth-order valence-corrected chi connectivity index (χ4v) is 3.83. The third-order valence-corrected chi connectivity index (χ3v) is 5.26. The Kier molecular flexibility index (Phi) is 5.17. The van der Waals surface area contributed by atoms with Crippen LogP contribution in [-0.2, 0) is 16.6 Å². The molecule has 0 amide bonds. The second-order valence-electron chi connectivity index (χ2n) is 5.37. The van der Waals surface area contributed by atoms with Crippen LogP contribution in [0, 0.1) is 0 Å². The van der Waals surface area contributed by atoms with Crippen molar-refractivity contribution in [2.75, 3.05) is 20.1 Å². The lowest BCUT2D eigenvalue weighted by molar-refractivity contribution is 0.187. The summed E-state index contributed by atoms with van der Waals surface area (Å²) >= 11 is 0. The predicted octanol–water partition coefficient (Wildman–Crippen LogP) is 1.06. The summed E-state index contributed by atoms with van der Waals surface area (Å²) in [5.41, 5.74) is 0. The Balaban J connectivity index is 2.01. The molecule has 1 atom stereocenters. The summed E-state index contributed by atoms with van der Waals surface area (Å²) in [6, 6.07) is 1.85. The topological polar surface area (TPSA) is 67.2 Å². The molecule has 7 heteroatoms. The van der Waals surface area contributed by atoms with E-state index in [4.69, 9.17) is 0 Å². The minimum atomic E-state index is -3.47. The Hall–Kier alpha value is -0.920. The molecule has 1 aliphatic heterocycles. The van der Waals surface area contributed by atoms with Crippen LogP contribution in [0.2, 0.25) is 0 Å². The molecule has 0 aromatic carbocycles. The van der Waals surface area contributed by atoms with Crippen LogP contribution < -0.4 is 4.72 Å². The molecule has 0 saturated carbocycles. The maximum Gasteiger partial charge on any atom is 0.257 e. The summed E-state index contributed by atoms with van der Waals surface area (Å²) in [7, 11) is -1.41. The fraction of sp³-hybridized carbons (Fsp3) is 0.769. The molecule has 6 nitrogen and oxygen atoms in total. The number of sulfonamides is 1. The number of rotatable bonds is 6. The van der Waals surface area contributed by atoms with Gasteiger partial charge in [-0.25, -0.2) is 13.1 Å². The van der Waals surface area contributed by atoms with E-state index in [-0.39, 0.29) is 5.03 Å². The van der Waals surface area contributed by atoms with Gasteiger partial charge in [-0.05, 0) is 38.9 Å². The number of piperidine rings is 1. The molecular weight excluding hydrogens is 276 g/mol. The monoisotopic (exact) mass is 300 g/mol. The Bertz CT molecular complexity index is 526. The molecule has 1 fully saturated rings. The number of nitrogens with zero attached hydrogens (tertiary/aromatic N) is 3. The highest BCUT2D eigenvalue weighted by Crippen LogP contribution is 2.15. The number of aryl methyl sites for hydroxylation is 1. The summed E-state index contributed by atoms with van der Waals surface area (Å²) in [4.78, 5) is 2.23. The van der Waals surface area contributed by atoms with Gasteiger partial charge in [-0.2, -0.15) is 5.10 Å². The molecular formula is C13H24N4O2S. The zero-order valence-electron chi connectivity index (χ0n) is 12.2. The molecule has 1 aromatic heterocycles. The highest BCUT2D eigenvalue weighted by atomic mass is 32.2. The van der Waals surface area contributed by atoms with E-state index in [1.807, 2.05) is 6.92 Å². The van der Waals surface area contributed by atoms with E-state index in [0.29, 0.717) is 19.1 Å². The van der Waals surface area contributed by atoms with Crippen LogP contribution in [0.3, 0.4) is 0 Å². The van der Waals surface area contributed by atoms with Crippen molar-refractivity contribution in [1.82, 2.24) is 19.4 Å². The average Bonchev–Trinajstić information content (AvgIpc) is 2.87. The van der Waals surface area contributed by atoms with Crippen molar-refractivity contribution in [1.29, 1.82) is 0 Å². The van der Waals surface area contributed by atoms with Gasteiger partial charge in [0.25, 0.3) is 10.0 Å². The van der Waals surface area contributed by atoms with E-state index >= 15 is 0 Å². The van der Waals surface area contributed by atoms with Crippen LogP contribution in [0.5, 0.6) is 0 Å². The number of hydrogen-bond acceptors (Lipinski definition) is 4. The number of likely N-dealkylation sites (N-methyl/N-ethyl adjacent to an activating group) is 1. The van der Waals surface area contributed by atoms with E-state index in [1.165, 1.54) is 19.0 Å². The second-order valence-corrected chi connectivity index (χ2v) is 7.09. The average molecular weight is 300 g/mol. The van der Waals surface area contributed by atoms with E-state index in [2.05, 4.69) is 21.8 Å². The summed E-state index contributed by atoms with van der Waals surface area (Å²) in [6.45, 7) is 4.13. The summed E-state index contributed by atoms with van der Waals surface area (Å²) in [5.74, 6) is 0. The molecule has 0 bridgehead atoms. The standard InChI is InChI=1S/C13H24N4O2S/c1-3-9-17-13(7-8-14-17)20(18,19)15-11-12-6-4-5-10-16(12)2/h7-8,12,15H,3-6,9-11H2,1-2H3. The number of aromatic nitrogens is 2. The van der Waals surface area contributed by atoms with Gasteiger partial charge in [-0.1, -0.05) is 13.3 Å². The quantitative estimate of drug-likeness (QED) is 0.853. The van der Waals surface area contributed by atoms with Crippen LogP contribution in [0.1, 0.15) is 32.6 Å². The first-order chi connectivity index (χ1) is 9.54. The van der Waals surface area contributed by atoms with Crippen molar-refractivity contribution in [3.8, 4) is 0 Å². The lowest BCUT2D eigenvalue weighted by Gasteiger charge is -2.32. The summed E-state index contributed by atoms with van der Waals surface area (Å²) in [6.07, 6.45) is 5.81. The molecule has 1 unspecified atom stereocenters. The maximum absolute atomic E-state index is 12.3. The van der Waals surface area contributed by atoms with E-state index in [1.54, 1.807) is 10.7 Å². The lowest BCUT2D eigenvalue weighted by Crippen LogP contribution is -2.44. The normalized spacial score (nSPS) is 21.2. The van der Waals surface area contributed by atoms with Crippen LogP contribution in [0.25, 0.3) is 0 Å². The molecule has 1 saturated heterocycles. The van der Waals surface area contributed by atoms with Crippen molar-refractivity contribution >= 4 is 10.0 Å². The molecule has 0 spiro atoms. The van der Waals surface area contributed by atoms with Gasteiger partial charge in [0.2, 0.25) is 0 Å². The molecule has 114 valence electrons. The molecule has 0 aliphatic carbocycles. The van der Waals surface area contributed by atoms with Gasteiger partial charge < -0.3 is 4.90 Å².